The molecular weight excluding hydrogens is 338 g/mol. The number of hydrogen-bond acceptors (Lipinski definition) is 3. The monoisotopic (exact) mass is 357 g/mol. The summed E-state index contributed by atoms with van der Waals surface area (Å²) < 4.78 is 6.93. The molecule has 130 valence electrons. The maximum atomic E-state index is 12.4. The molecule has 6 heteroatoms. The zero-order chi connectivity index (χ0) is 17.8. The summed E-state index contributed by atoms with van der Waals surface area (Å²) in [5.41, 5.74) is 2.00. The largest absolute Gasteiger partial charge is 0.497 e. The van der Waals surface area contributed by atoms with Crippen molar-refractivity contribution in [2.45, 2.75) is 19.5 Å². The highest BCUT2D eigenvalue weighted by Gasteiger charge is 2.12. The van der Waals surface area contributed by atoms with E-state index in [4.69, 9.17) is 16.3 Å². The Labute approximate surface area is 151 Å². The third-order valence-electron chi connectivity index (χ3n) is 4.15. The topological polar surface area (TPSA) is 47.4 Å². The molecule has 0 bridgehead atoms. The van der Waals surface area contributed by atoms with Gasteiger partial charge >= 0.3 is 0 Å². The summed E-state index contributed by atoms with van der Waals surface area (Å²) in [4.78, 5) is 14.1. The lowest BCUT2D eigenvalue weighted by Crippen LogP contribution is -2.27. The highest BCUT2D eigenvalue weighted by molar-refractivity contribution is 6.34. The lowest BCUT2D eigenvalue weighted by molar-refractivity contribution is -0.130. The van der Waals surface area contributed by atoms with Gasteiger partial charge in [0.25, 0.3) is 0 Å². The van der Waals surface area contributed by atoms with Crippen LogP contribution in [0.25, 0.3) is 10.9 Å². The van der Waals surface area contributed by atoms with Crippen LogP contribution < -0.4 is 4.74 Å². The van der Waals surface area contributed by atoms with Gasteiger partial charge in [0.1, 0.15) is 5.75 Å². The minimum Gasteiger partial charge on any atom is -0.497 e. The Morgan fingerprint density at radius 2 is 1.92 bits per heavy atom. The van der Waals surface area contributed by atoms with Crippen LogP contribution in [-0.2, 0) is 17.9 Å². The van der Waals surface area contributed by atoms with Crippen molar-refractivity contribution in [3.63, 3.8) is 0 Å². The number of hydrogen-bond donors (Lipinski definition) is 0. The fourth-order valence-corrected chi connectivity index (χ4v) is 2.99. The van der Waals surface area contributed by atoms with E-state index in [1.807, 2.05) is 48.5 Å². The number of benzene rings is 2. The fraction of sp³-hybridized carbons (Fsp3) is 0.263. The molecule has 1 aromatic heterocycles. The van der Waals surface area contributed by atoms with Crippen LogP contribution in [0.1, 0.15) is 12.0 Å². The van der Waals surface area contributed by atoms with E-state index in [9.17, 15) is 4.79 Å². The summed E-state index contributed by atoms with van der Waals surface area (Å²) in [6.07, 6.45) is 0.370. The number of aryl methyl sites for hydroxylation is 1. The van der Waals surface area contributed by atoms with E-state index < -0.39 is 0 Å². The quantitative estimate of drug-likeness (QED) is 0.675. The first-order valence-corrected chi connectivity index (χ1v) is 8.44. The van der Waals surface area contributed by atoms with E-state index in [2.05, 4.69) is 5.10 Å². The number of halogens is 1. The molecule has 0 N–H and O–H groups in total. The fourth-order valence-electron chi connectivity index (χ4n) is 2.74. The van der Waals surface area contributed by atoms with Crippen molar-refractivity contribution in [3.8, 4) is 5.75 Å². The SMILES string of the molecule is COc1ccc(CN(C)C(=O)CCn2nc(Cl)c3ccccc32)cc1. The Kier molecular flexibility index (Phi) is 5.24. The molecule has 25 heavy (non-hydrogen) atoms. The molecule has 3 rings (SSSR count). The van der Waals surface area contributed by atoms with E-state index in [-0.39, 0.29) is 5.91 Å². The summed E-state index contributed by atoms with van der Waals surface area (Å²) in [5.74, 6) is 0.867. The van der Waals surface area contributed by atoms with Gasteiger partial charge in [-0.3, -0.25) is 9.48 Å². The maximum absolute atomic E-state index is 12.4. The van der Waals surface area contributed by atoms with Crippen molar-refractivity contribution in [1.82, 2.24) is 14.7 Å². The van der Waals surface area contributed by atoms with Crippen LogP contribution in [0.5, 0.6) is 5.75 Å². The molecule has 0 aliphatic carbocycles. The van der Waals surface area contributed by atoms with Crippen LogP contribution in [0.4, 0.5) is 0 Å². The molecule has 1 amide bonds. The molecule has 0 spiro atoms. The Hall–Kier alpha value is -2.53. The van der Waals surface area contributed by atoms with Gasteiger partial charge in [0.05, 0.1) is 19.2 Å². The summed E-state index contributed by atoms with van der Waals surface area (Å²) >= 11 is 6.15. The van der Waals surface area contributed by atoms with Crippen molar-refractivity contribution in [3.05, 3.63) is 59.2 Å². The zero-order valence-corrected chi connectivity index (χ0v) is 15.0. The molecule has 2 aromatic carbocycles. The van der Waals surface area contributed by atoms with Crippen LogP contribution in [0.15, 0.2) is 48.5 Å². The number of methoxy groups -OCH3 is 1. The molecule has 0 unspecified atom stereocenters. The average molecular weight is 358 g/mol. The number of fused-ring (bicyclic) bond motifs is 1. The van der Waals surface area contributed by atoms with Gasteiger partial charge in [0, 0.05) is 25.4 Å². The Morgan fingerprint density at radius 1 is 1.20 bits per heavy atom. The number of aromatic nitrogens is 2. The van der Waals surface area contributed by atoms with Gasteiger partial charge in [0.15, 0.2) is 5.15 Å². The molecule has 1 heterocycles. The first kappa shape index (κ1) is 17.3. The van der Waals surface area contributed by atoms with Gasteiger partial charge in [-0.1, -0.05) is 35.9 Å². The minimum atomic E-state index is 0.0616. The van der Waals surface area contributed by atoms with Crippen LogP contribution in [-0.4, -0.2) is 34.7 Å². The van der Waals surface area contributed by atoms with Gasteiger partial charge in [0.2, 0.25) is 5.91 Å². The number of para-hydroxylation sites is 1. The van der Waals surface area contributed by atoms with Crippen molar-refractivity contribution < 1.29 is 9.53 Å². The van der Waals surface area contributed by atoms with E-state index in [0.29, 0.717) is 24.7 Å². The molecule has 5 nitrogen and oxygen atoms in total. The smallest absolute Gasteiger partial charge is 0.224 e. The number of rotatable bonds is 6. The maximum Gasteiger partial charge on any atom is 0.224 e. The molecule has 0 saturated heterocycles. The Morgan fingerprint density at radius 3 is 2.64 bits per heavy atom. The number of amides is 1. The van der Waals surface area contributed by atoms with Crippen LogP contribution in [0, 0.1) is 0 Å². The van der Waals surface area contributed by atoms with Crippen LogP contribution in [0.3, 0.4) is 0 Å². The van der Waals surface area contributed by atoms with Gasteiger partial charge in [-0.25, -0.2) is 0 Å². The van der Waals surface area contributed by atoms with Crippen molar-refractivity contribution in [2.75, 3.05) is 14.2 Å². The standard InChI is InChI=1S/C19H20ClN3O2/c1-22(13-14-7-9-15(25-2)10-8-14)18(24)11-12-23-17-6-4-3-5-16(17)19(20)21-23/h3-10H,11-13H2,1-2H3. The Balaban J connectivity index is 1.61. The highest BCUT2D eigenvalue weighted by Crippen LogP contribution is 2.22. The molecule has 0 saturated carbocycles. The lowest BCUT2D eigenvalue weighted by Gasteiger charge is -2.17. The molecule has 3 aromatic rings. The normalized spacial score (nSPS) is 10.8. The first-order chi connectivity index (χ1) is 12.1. The Bertz CT molecular complexity index is 874. The molecule has 0 fully saturated rings. The second-order valence-corrected chi connectivity index (χ2v) is 6.24. The number of ether oxygens (including phenoxy) is 1. The third kappa shape index (κ3) is 3.94. The van der Waals surface area contributed by atoms with Gasteiger partial charge in [-0.15, -0.1) is 0 Å². The lowest BCUT2D eigenvalue weighted by atomic mass is 10.2. The second kappa shape index (κ2) is 7.57. The predicted octanol–water partition coefficient (Wildman–Crippen LogP) is 3.75. The van der Waals surface area contributed by atoms with E-state index in [0.717, 1.165) is 22.2 Å². The summed E-state index contributed by atoms with van der Waals surface area (Å²) in [7, 11) is 3.44. The van der Waals surface area contributed by atoms with Crippen LogP contribution >= 0.6 is 11.6 Å². The van der Waals surface area contributed by atoms with Gasteiger partial charge in [-0.2, -0.15) is 5.10 Å². The molecular formula is C19H20ClN3O2. The molecule has 0 aliphatic rings. The summed E-state index contributed by atoms with van der Waals surface area (Å²) in [6.45, 7) is 1.06. The predicted molar refractivity (Wildman–Crippen MR) is 98.8 cm³/mol. The first-order valence-electron chi connectivity index (χ1n) is 8.06. The minimum absolute atomic E-state index is 0.0616. The van der Waals surface area contributed by atoms with Crippen molar-refractivity contribution in [2.24, 2.45) is 0 Å². The average Bonchev–Trinajstić information content (AvgIpc) is 2.96. The molecule has 0 radical (unpaired) electrons. The highest BCUT2D eigenvalue weighted by atomic mass is 35.5. The van der Waals surface area contributed by atoms with Crippen LogP contribution in [0.2, 0.25) is 5.15 Å². The van der Waals surface area contributed by atoms with E-state index in [1.165, 1.54) is 0 Å². The van der Waals surface area contributed by atoms with E-state index >= 15 is 0 Å². The molecule has 0 aliphatic heterocycles. The summed E-state index contributed by atoms with van der Waals surface area (Å²) in [5, 5.41) is 5.69. The van der Waals surface area contributed by atoms with Gasteiger partial charge in [-0.05, 0) is 29.8 Å². The number of carbonyl (C=O) groups excluding carboxylic acids is 1. The number of carbonyl (C=O) groups is 1. The van der Waals surface area contributed by atoms with E-state index in [1.54, 1.807) is 23.7 Å². The third-order valence-corrected chi connectivity index (χ3v) is 4.43. The summed E-state index contributed by atoms with van der Waals surface area (Å²) in [6, 6.07) is 15.5. The number of nitrogens with zero attached hydrogens (tertiary/aromatic N) is 3. The van der Waals surface area contributed by atoms with Crippen molar-refractivity contribution in [1.29, 1.82) is 0 Å². The molecule has 0 atom stereocenters. The zero-order valence-electron chi connectivity index (χ0n) is 14.3. The second-order valence-electron chi connectivity index (χ2n) is 5.88. The van der Waals surface area contributed by atoms with Gasteiger partial charge < -0.3 is 9.64 Å². The van der Waals surface area contributed by atoms with Crippen molar-refractivity contribution >= 4 is 28.4 Å².